The molecule has 1 heterocycles. The summed E-state index contributed by atoms with van der Waals surface area (Å²) >= 11 is 7.79. The summed E-state index contributed by atoms with van der Waals surface area (Å²) in [4.78, 5) is 13.4. The number of carbonyl (C=O) groups excluding carboxylic acids is 1. The van der Waals surface area contributed by atoms with Gasteiger partial charge in [-0.15, -0.1) is 11.8 Å². The molecule has 0 N–H and O–H groups in total. The lowest BCUT2D eigenvalue weighted by atomic mass is 10.0. The smallest absolute Gasteiger partial charge is 0.167 e. The maximum absolute atomic E-state index is 12.2. The highest BCUT2D eigenvalue weighted by Gasteiger charge is 2.16. The number of Topliss-reactive ketones (excluding diaryl/α,β-unsaturated/α-hetero) is 1. The van der Waals surface area contributed by atoms with E-state index in [-0.39, 0.29) is 12.2 Å². The van der Waals surface area contributed by atoms with Gasteiger partial charge >= 0.3 is 0 Å². The van der Waals surface area contributed by atoms with Gasteiger partial charge in [0.2, 0.25) is 0 Å². The Balaban J connectivity index is 2.20. The van der Waals surface area contributed by atoms with Crippen LogP contribution >= 0.6 is 23.4 Å². The van der Waals surface area contributed by atoms with Crippen LogP contribution in [0.1, 0.15) is 21.6 Å². The van der Waals surface area contributed by atoms with E-state index >= 15 is 0 Å². The van der Waals surface area contributed by atoms with Crippen LogP contribution in [0.2, 0.25) is 5.15 Å². The molecule has 3 nitrogen and oxygen atoms in total. The molecule has 2 rings (SSSR count). The van der Waals surface area contributed by atoms with Crippen molar-refractivity contribution < 1.29 is 4.79 Å². The fraction of sp³-hybridized carbons (Fsp3) is 0.286. The molecule has 100 valence electrons. The minimum atomic E-state index is 0.0608. The van der Waals surface area contributed by atoms with Crippen LogP contribution in [-0.2, 0) is 13.5 Å². The Labute approximate surface area is 122 Å². The van der Waals surface area contributed by atoms with Crippen LogP contribution < -0.4 is 0 Å². The van der Waals surface area contributed by atoms with Crippen LogP contribution in [0.4, 0.5) is 0 Å². The highest BCUT2D eigenvalue weighted by Crippen LogP contribution is 2.21. The molecule has 0 bridgehead atoms. The third kappa shape index (κ3) is 3.01. The number of rotatable bonds is 4. The van der Waals surface area contributed by atoms with E-state index in [1.165, 1.54) is 0 Å². The number of hydrogen-bond acceptors (Lipinski definition) is 3. The quantitative estimate of drug-likeness (QED) is 0.639. The van der Waals surface area contributed by atoms with E-state index in [2.05, 4.69) is 5.10 Å². The first-order valence-electron chi connectivity index (χ1n) is 5.88. The topological polar surface area (TPSA) is 34.9 Å². The lowest BCUT2D eigenvalue weighted by Gasteiger charge is -2.02. The van der Waals surface area contributed by atoms with Crippen molar-refractivity contribution in [3.63, 3.8) is 0 Å². The Morgan fingerprint density at radius 2 is 2.00 bits per heavy atom. The summed E-state index contributed by atoms with van der Waals surface area (Å²) in [5, 5.41) is 4.75. The van der Waals surface area contributed by atoms with Gasteiger partial charge in [0.1, 0.15) is 5.15 Å². The predicted molar refractivity (Wildman–Crippen MR) is 79.2 cm³/mol. The second kappa shape index (κ2) is 5.80. The Morgan fingerprint density at radius 3 is 2.47 bits per heavy atom. The summed E-state index contributed by atoms with van der Waals surface area (Å²) in [6, 6.07) is 7.62. The molecular formula is C14H15ClN2OS. The Kier molecular flexibility index (Phi) is 4.32. The van der Waals surface area contributed by atoms with Gasteiger partial charge in [-0.1, -0.05) is 23.7 Å². The molecule has 0 aliphatic heterocycles. The zero-order valence-corrected chi connectivity index (χ0v) is 12.7. The first kappa shape index (κ1) is 14.2. The SMILES string of the molecule is CSc1ccc(C(=O)Cc2c(C)nn(C)c2Cl)cc1. The average molecular weight is 295 g/mol. The van der Waals surface area contributed by atoms with Crippen LogP contribution in [0, 0.1) is 6.92 Å². The number of ketones is 1. The molecule has 0 spiro atoms. The normalized spacial score (nSPS) is 10.7. The van der Waals surface area contributed by atoms with Crippen molar-refractivity contribution in [3.05, 3.63) is 46.2 Å². The van der Waals surface area contributed by atoms with Gasteiger partial charge in [0.05, 0.1) is 5.69 Å². The van der Waals surface area contributed by atoms with Gasteiger partial charge in [0.15, 0.2) is 5.78 Å². The summed E-state index contributed by atoms with van der Waals surface area (Å²) in [6.07, 6.45) is 2.30. The van der Waals surface area contributed by atoms with Crippen molar-refractivity contribution >= 4 is 29.1 Å². The Hall–Kier alpha value is -1.26. The third-order valence-electron chi connectivity index (χ3n) is 3.02. The van der Waals surface area contributed by atoms with Gasteiger partial charge in [-0.2, -0.15) is 5.10 Å². The molecule has 0 unspecified atom stereocenters. The molecular weight excluding hydrogens is 280 g/mol. The molecule has 1 aromatic heterocycles. The molecule has 0 amide bonds. The fourth-order valence-electron chi connectivity index (χ4n) is 1.91. The number of aromatic nitrogens is 2. The summed E-state index contributed by atoms with van der Waals surface area (Å²) in [5.74, 6) is 0.0608. The molecule has 0 saturated heterocycles. The van der Waals surface area contributed by atoms with Gasteiger partial charge < -0.3 is 0 Å². The highest BCUT2D eigenvalue weighted by atomic mass is 35.5. The zero-order valence-electron chi connectivity index (χ0n) is 11.1. The first-order valence-corrected chi connectivity index (χ1v) is 7.48. The van der Waals surface area contributed by atoms with E-state index in [4.69, 9.17) is 11.6 Å². The summed E-state index contributed by atoms with van der Waals surface area (Å²) < 4.78 is 1.59. The molecule has 5 heteroatoms. The molecule has 0 atom stereocenters. The van der Waals surface area contributed by atoms with Gasteiger partial charge in [-0.3, -0.25) is 9.48 Å². The van der Waals surface area contributed by atoms with E-state index < -0.39 is 0 Å². The van der Waals surface area contributed by atoms with Crippen molar-refractivity contribution in [2.24, 2.45) is 7.05 Å². The van der Waals surface area contributed by atoms with Crippen molar-refractivity contribution in [2.45, 2.75) is 18.2 Å². The summed E-state index contributed by atoms with van der Waals surface area (Å²) in [6.45, 7) is 1.87. The minimum Gasteiger partial charge on any atom is -0.294 e. The number of halogens is 1. The van der Waals surface area contributed by atoms with Gasteiger partial charge in [-0.05, 0) is 25.3 Å². The van der Waals surface area contributed by atoms with Crippen LogP contribution in [0.15, 0.2) is 29.2 Å². The zero-order chi connectivity index (χ0) is 14.0. The lowest BCUT2D eigenvalue weighted by molar-refractivity contribution is 0.0992. The maximum atomic E-state index is 12.2. The van der Waals surface area contributed by atoms with E-state index in [0.29, 0.717) is 10.7 Å². The van der Waals surface area contributed by atoms with Gasteiger partial charge in [0.25, 0.3) is 0 Å². The second-order valence-electron chi connectivity index (χ2n) is 4.31. The van der Waals surface area contributed by atoms with E-state index in [1.54, 1.807) is 23.5 Å². The van der Waals surface area contributed by atoms with Crippen LogP contribution in [-0.4, -0.2) is 21.8 Å². The molecule has 0 radical (unpaired) electrons. The van der Waals surface area contributed by atoms with E-state index in [0.717, 1.165) is 16.2 Å². The molecule has 19 heavy (non-hydrogen) atoms. The van der Waals surface area contributed by atoms with Crippen LogP contribution in [0.5, 0.6) is 0 Å². The highest BCUT2D eigenvalue weighted by molar-refractivity contribution is 7.98. The largest absolute Gasteiger partial charge is 0.294 e. The van der Waals surface area contributed by atoms with Crippen LogP contribution in [0.3, 0.4) is 0 Å². The average Bonchev–Trinajstić information content (AvgIpc) is 2.65. The molecule has 0 aliphatic rings. The van der Waals surface area contributed by atoms with Crippen molar-refractivity contribution in [2.75, 3.05) is 6.26 Å². The second-order valence-corrected chi connectivity index (χ2v) is 5.54. The molecule has 2 aromatic rings. The first-order chi connectivity index (χ1) is 9.02. The number of carbonyl (C=O) groups is 1. The van der Waals surface area contributed by atoms with Crippen molar-refractivity contribution in [3.8, 4) is 0 Å². The van der Waals surface area contributed by atoms with E-state index in [9.17, 15) is 4.79 Å². The standard InChI is InChI=1S/C14H15ClN2OS/c1-9-12(14(15)17(2)16-9)8-13(18)10-4-6-11(19-3)7-5-10/h4-7H,8H2,1-3H3. The maximum Gasteiger partial charge on any atom is 0.167 e. The monoisotopic (exact) mass is 294 g/mol. The molecule has 0 fully saturated rings. The number of aryl methyl sites for hydroxylation is 2. The summed E-state index contributed by atoms with van der Waals surface area (Å²) in [5.41, 5.74) is 2.32. The molecule has 1 aromatic carbocycles. The minimum absolute atomic E-state index is 0.0608. The number of nitrogens with zero attached hydrogens (tertiary/aromatic N) is 2. The van der Waals surface area contributed by atoms with E-state index in [1.807, 2.05) is 37.4 Å². The number of benzene rings is 1. The number of thioether (sulfide) groups is 1. The molecule has 0 aliphatic carbocycles. The van der Waals surface area contributed by atoms with Gasteiger partial charge in [-0.25, -0.2) is 0 Å². The predicted octanol–water partition coefficient (Wildman–Crippen LogP) is 3.53. The molecule has 0 saturated carbocycles. The Morgan fingerprint density at radius 1 is 1.37 bits per heavy atom. The summed E-state index contributed by atoms with van der Waals surface area (Å²) in [7, 11) is 1.77. The van der Waals surface area contributed by atoms with Crippen molar-refractivity contribution in [1.82, 2.24) is 9.78 Å². The number of hydrogen-bond donors (Lipinski definition) is 0. The Bertz CT molecular complexity index is 605. The van der Waals surface area contributed by atoms with Crippen LogP contribution in [0.25, 0.3) is 0 Å². The van der Waals surface area contributed by atoms with Gasteiger partial charge in [0, 0.05) is 29.5 Å². The lowest BCUT2D eigenvalue weighted by Crippen LogP contribution is -2.04. The van der Waals surface area contributed by atoms with Crippen molar-refractivity contribution in [1.29, 1.82) is 0 Å². The third-order valence-corrected chi connectivity index (χ3v) is 4.24. The fourth-order valence-corrected chi connectivity index (χ4v) is 2.56.